The number of nitrogens with zero attached hydrogens (tertiary/aromatic N) is 4. The number of sulfonamides is 1. The van der Waals surface area contributed by atoms with Crippen molar-refractivity contribution in [1.29, 1.82) is 0 Å². The zero-order valence-electron chi connectivity index (χ0n) is 12.0. The second-order valence-corrected chi connectivity index (χ2v) is 6.99. The molecular weight excluding hydrogens is 308 g/mol. The van der Waals surface area contributed by atoms with Crippen molar-refractivity contribution in [3.63, 3.8) is 0 Å². The van der Waals surface area contributed by atoms with Gasteiger partial charge in [0, 0.05) is 18.8 Å². The first-order valence-electron chi connectivity index (χ1n) is 6.91. The van der Waals surface area contributed by atoms with Gasteiger partial charge in [0.15, 0.2) is 0 Å². The highest BCUT2D eigenvalue weighted by atomic mass is 32.2. The van der Waals surface area contributed by atoms with E-state index in [9.17, 15) is 8.42 Å². The smallest absolute Gasteiger partial charge is 0.248 e. The van der Waals surface area contributed by atoms with Gasteiger partial charge in [-0.25, -0.2) is 13.4 Å². The molecule has 0 amide bonds. The van der Waals surface area contributed by atoms with E-state index in [0.29, 0.717) is 18.2 Å². The van der Waals surface area contributed by atoms with Gasteiger partial charge in [-0.3, -0.25) is 0 Å². The SMILES string of the molecule is Cc1nccc(OC2CCCN(S(=O)(=O)c3cnoc3)C2)n1. The predicted molar refractivity (Wildman–Crippen MR) is 75.7 cm³/mol. The second-order valence-electron chi connectivity index (χ2n) is 5.05. The fraction of sp³-hybridized carbons (Fsp3) is 0.462. The maximum Gasteiger partial charge on any atom is 0.248 e. The summed E-state index contributed by atoms with van der Waals surface area (Å²) in [7, 11) is -3.59. The van der Waals surface area contributed by atoms with Crippen LogP contribution < -0.4 is 4.74 Å². The Morgan fingerprint density at radius 1 is 1.45 bits per heavy atom. The Morgan fingerprint density at radius 3 is 3.05 bits per heavy atom. The molecule has 0 saturated carbocycles. The Bertz CT molecular complexity index is 732. The zero-order valence-corrected chi connectivity index (χ0v) is 12.9. The van der Waals surface area contributed by atoms with Crippen LogP contribution in [0, 0.1) is 6.92 Å². The molecule has 8 nitrogen and oxygen atoms in total. The van der Waals surface area contributed by atoms with Gasteiger partial charge < -0.3 is 9.26 Å². The lowest BCUT2D eigenvalue weighted by Gasteiger charge is -2.31. The molecule has 1 fully saturated rings. The van der Waals surface area contributed by atoms with E-state index in [0.717, 1.165) is 19.1 Å². The molecule has 1 saturated heterocycles. The van der Waals surface area contributed by atoms with Crippen LogP contribution in [0.25, 0.3) is 0 Å². The first kappa shape index (κ1) is 14.9. The number of ether oxygens (including phenoxy) is 1. The fourth-order valence-electron chi connectivity index (χ4n) is 2.36. The minimum Gasteiger partial charge on any atom is -0.473 e. The minimum absolute atomic E-state index is 0.0611. The van der Waals surface area contributed by atoms with Crippen molar-refractivity contribution < 1.29 is 17.7 Å². The Labute approximate surface area is 128 Å². The third kappa shape index (κ3) is 3.09. The van der Waals surface area contributed by atoms with Gasteiger partial charge in [-0.1, -0.05) is 5.16 Å². The number of hydrogen-bond donors (Lipinski definition) is 0. The van der Waals surface area contributed by atoms with E-state index in [1.54, 1.807) is 19.2 Å². The van der Waals surface area contributed by atoms with E-state index < -0.39 is 10.0 Å². The van der Waals surface area contributed by atoms with Gasteiger partial charge in [0.05, 0.1) is 12.7 Å². The van der Waals surface area contributed by atoms with Gasteiger partial charge in [0.1, 0.15) is 23.1 Å². The van der Waals surface area contributed by atoms with Crippen molar-refractivity contribution in [2.75, 3.05) is 13.1 Å². The van der Waals surface area contributed by atoms with Gasteiger partial charge in [0.2, 0.25) is 15.9 Å². The Morgan fingerprint density at radius 2 is 2.32 bits per heavy atom. The van der Waals surface area contributed by atoms with Gasteiger partial charge >= 0.3 is 0 Å². The van der Waals surface area contributed by atoms with Crippen LogP contribution in [0.15, 0.2) is 34.1 Å². The topological polar surface area (TPSA) is 98.4 Å². The average molecular weight is 324 g/mol. The highest BCUT2D eigenvalue weighted by Gasteiger charge is 2.32. The lowest BCUT2D eigenvalue weighted by Crippen LogP contribution is -2.44. The molecule has 1 aliphatic rings. The van der Waals surface area contributed by atoms with Gasteiger partial charge in [-0.15, -0.1) is 0 Å². The highest BCUT2D eigenvalue weighted by molar-refractivity contribution is 7.89. The molecule has 2 aromatic heterocycles. The van der Waals surface area contributed by atoms with Crippen LogP contribution >= 0.6 is 0 Å². The molecule has 0 aliphatic carbocycles. The number of rotatable bonds is 4. The number of piperidine rings is 1. The number of aryl methyl sites for hydroxylation is 1. The van der Waals surface area contributed by atoms with E-state index >= 15 is 0 Å². The van der Waals surface area contributed by atoms with Crippen LogP contribution in [0.3, 0.4) is 0 Å². The summed E-state index contributed by atoms with van der Waals surface area (Å²) in [6.07, 6.45) is 5.21. The van der Waals surface area contributed by atoms with Crippen molar-refractivity contribution in [2.45, 2.75) is 30.8 Å². The molecule has 0 aromatic carbocycles. The standard InChI is InChI=1S/C13H16N4O4S/c1-10-14-5-4-13(16-10)21-11-3-2-6-17(8-11)22(18,19)12-7-15-20-9-12/h4-5,7,9,11H,2-3,6,8H2,1H3. The van der Waals surface area contributed by atoms with Gasteiger partial charge in [0.25, 0.3) is 0 Å². The molecule has 0 spiro atoms. The summed E-state index contributed by atoms with van der Waals surface area (Å²) in [6, 6.07) is 1.67. The van der Waals surface area contributed by atoms with Crippen molar-refractivity contribution in [3.05, 3.63) is 30.5 Å². The van der Waals surface area contributed by atoms with Crippen LogP contribution in [-0.2, 0) is 10.0 Å². The van der Waals surface area contributed by atoms with Crippen LogP contribution in [-0.4, -0.2) is 47.0 Å². The summed E-state index contributed by atoms with van der Waals surface area (Å²) < 4.78 is 36.7. The molecule has 118 valence electrons. The van der Waals surface area contributed by atoms with Crippen molar-refractivity contribution in [1.82, 2.24) is 19.4 Å². The maximum absolute atomic E-state index is 12.4. The van der Waals surface area contributed by atoms with Crippen molar-refractivity contribution in [3.8, 4) is 5.88 Å². The van der Waals surface area contributed by atoms with E-state index in [1.165, 1.54) is 10.5 Å². The molecule has 0 bridgehead atoms. The highest BCUT2D eigenvalue weighted by Crippen LogP contribution is 2.22. The van der Waals surface area contributed by atoms with Gasteiger partial charge in [-0.2, -0.15) is 9.29 Å². The molecule has 2 aromatic rings. The average Bonchev–Trinajstić information content (AvgIpc) is 3.02. The minimum atomic E-state index is -3.59. The lowest BCUT2D eigenvalue weighted by molar-refractivity contribution is 0.124. The predicted octanol–water partition coefficient (Wildman–Crippen LogP) is 1.01. The third-order valence-electron chi connectivity index (χ3n) is 3.43. The molecule has 3 heterocycles. The van der Waals surface area contributed by atoms with Crippen LogP contribution in [0.1, 0.15) is 18.7 Å². The quantitative estimate of drug-likeness (QED) is 0.827. The molecule has 0 radical (unpaired) electrons. The summed E-state index contributed by atoms with van der Waals surface area (Å²) in [5, 5.41) is 3.45. The Kier molecular flexibility index (Phi) is 4.08. The molecule has 0 N–H and O–H groups in total. The van der Waals surface area contributed by atoms with E-state index in [-0.39, 0.29) is 17.5 Å². The molecular formula is C13H16N4O4S. The molecule has 3 rings (SSSR count). The van der Waals surface area contributed by atoms with Crippen LogP contribution in [0.4, 0.5) is 0 Å². The largest absolute Gasteiger partial charge is 0.473 e. The number of hydrogen-bond acceptors (Lipinski definition) is 7. The molecule has 1 atom stereocenters. The molecule has 1 unspecified atom stereocenters. The summed E-state index contributed by atoms with van der Waals surface area (Å²) in [5.74, 6) is 1.07. The number of aromatic nitrogens is 3. The fourth-order valence-corrected chi connectivity index (χ4v) is 3.73. The maximum atomic E-state index is 12.4. The second kappa shape index (κ2) is 6.01. The summed E-state index contributed by atoms with van der Waals surface area (Å²) in [6.45, 7) is 2.50. The molecule has 1 aliphatic heterocycles. The van der Waals surface area contributed by atoms with E-state index in [1.807, 2.05) is 0 Å². The van der Waals surface area contributed by atoms with E-state index in [2.05, 4.69) is 19.6 Å². The first-order chi connectivity index (χ1) is 10.6. The Balaban J connectivity index is 1.72. The first-order valence-corrected chi connectivity index (χ1v) is 8.35. The Hall–Kier alpha value is -2.00. The van der Waals surface area contributed by atoms with Crippen molar-refractivity contribution in [2.24, 2.45) is 0 Å². The lowest BCUT2D eigenvalue weighted by atomic mass is 10.1. The summed E-state index contributed by atoms with van der Waals surface area (Å²) in [5.41, 5.74) is 0. The normalized spacial score (nSPS) is 20.0. The van der Waals surface area contributed by atoms with Crippen LogP contribution in [0.5, 0.6) is 5.88 Å². The molecule has 9 heteroatoms. The third-order valence-corrected chi connectivity index (χ3v) is 5.24. The van der Waals surface area contributed by atoms with E-state index in [4.69, 9.17) is 4.74 Å². The molecule has 22 heavy (non-hydrogen) atoms. The van der Waals surface area contributed by atoms with Crippen LogP contribution in [0.2, 0.25) is 0 Å². The zero-order chi connectivity index (χ0) is 15.6. The van der Waals surface area contributed by atoms with Crippen molar-refractivity contribution >= 4 is 10.0 Å². The monoisotopic (exact) mass is 324 g/mol. The van der Waals surface area contributed by atoms with Gasteiger partial charge in [-0.05, 0) is 19.8 Å². The summed E-state index contributed by atoms with van der Waals surface area (Å²) in [4.78, 5) is 8.25. The summed E-state index contributed by atoms with van der Waals surface area (Å²) >= 11 is 0.